The number of ether oxygens (including phenoxy) is 3. The van der Waals surface area contributed by atoms with Crippen molar-refractivity contribution in [2.45, 2.75) is 27.3 Å². The van der Waals surface area contributed by atoms with E-state index in [0.29, 0.717) is 12.5 Å². The summed E-state index contributed by atoms with van der Waals surface area (Å²) in [6.07, 6.45) is 0. The van der Waals surface area contributed by atoms with Crippen LogP contribution in [0.15, 0.2) is 18.2 Å². The fourth-order valence-corrected chi connectivity index (χ4v) is 1.89. The Bertz CT molecular complexity index is 380. The lowest BCUT2D eigenvalue weighted by molar-refractivity contribution is 0.111. The number of para-hydroxylation sites is 1. The Morgan fingerprint density at radius 3 is 2.70 bits per heavy atom. The number of rotatable bonds is 10. The van der Waals surface area contributed by atoms with Crippen molar-refractivity contribution in [1.29, 1.82) is 0 Å². The van der Waals surface area contributed by atoms with Gasteiger partial charge in [0, 0.05) is 25.3 Å². The molecule has 4 nitrogen and oxygen atoms in total. The standard InChI is InChI=1S/C16H27NO3/c1-5-20-15-8-6-7-14(16(15)18-4)11-17-9-10-19-12-13(2)3/h6-8,13,17H,5,9-12H2,1-4H3. The Morgan fingerprint density at radius 2 is 2.05 bits per heavy atom. The molecule has 114 valence electrons. The van der Waals surface area contributed by atoms with Gasteiger partial charge in [-0.25, -0.2) is 0 Å². The first kappa shape index (κ1) is 16.8. The molecule has 1 N–H and O–H groups in total. The van der Waals surface area contributed by atoms with Crippen molar-refractivity contribution in [2.75, 3.05) is 33.5 Å². The summed E-state index contributed by atoms with van der Waals surface area (Å²) in [7, 11) is 1.67. The lowest BCUT2D eigenvalue weighted by atomic mass is 10.2. The minimum Gasteiger partial charge on any atom is -0.493 e. The third kappa shape index (κ3) is 5.80. The number of nitrogens with one attached hydrogen (secondary N) is 1. The second-order valence-electron chi connectivity index (χ2n) is 5.03. The van der Waals surface area contributed by atoms with Crippen LogP contribution in [0.4, 0.5) is 0 Å². The minimum absolute atomic E-state index is 0.581. The Hall–Kier alpha value is -1.26. The molecule has 0 bridgehead atoms. The molecule has 1 rings (SSSR count). The zero-order chi connectivity index (χ0) is 14.8. The fraction of sp³-hybridized carbons (Fsp3) is 0.625. The van der Waals surface area contributed by atoms with E-state index in [1.165, 1.54) is 0 Å². The molecular weight excluding hydrogens is 254 g/mol. The number of hydrogen-bond acceptors (Lipinski definition) is 4. The maximum absolute atomic E-state index is 5.56. The summed E-state index contributed by atoms with van der Waals surface area (Å²) in [5.41, 5.74) is 1.10. The van der Waals surface area contributed by atoms with E-state index >= 15 is 0 Å². The predicted molar refractivity (Wildman–Crippen MR) is 81.5 cm³/mol. The van der Waals surface area contributed by atoms with Gasteiger partial charge in [-0.05, 0) is 18.9 Å². The highest BCUT2D eigenvalue weighted by atomic mass is 16.5. The van der Waals surface area contributed by atoms with Crippen molar-refractivity contribution in [2.24, 2.45) is 5.92 Å². The van der Waals surface area contributed by atoms with Crippen molar-refractivity contribution in [1.82, 2.24) is 5.32 Å². The van der Waals surface area contributed by atoms with Gasteiger partial charge in [0.15, 0.2) is 11.5 Å². The van der Waals surface area contributed by atoms with Crippen LogP contribution in [0.5, 0.6) is 11.5 Å². The molecule has 1 aromatic rings. The van der Waals surface area contributed by atoms with Gasteiger partial charge in [0.25, 0.3) is 0 Å². The van der Waals surface area contributed by atoms with Gasteiger partial charge in [0.2, 0.25) is 0 Å². The zero-order valence-electron chi connectivity index (χ0n) is 13.1. The second kappa shape index (κ2) is 9.61. The van der Waals surface area contributed by atoms with E-state index in [1.807, 2.05) is 25.1 Å². The summed E-state index contributed by atoms with van der Waals surface area (Å²) >= 11 is 0. The van der Waals surface area contributed by atoms with Crippen LogP contribution in [0.2, 0.25) is 0 Å². The van der Waals surface area contributed by atoms with Gasteiger partial charge in [-0.1, -0.05) is 26.0 Å². The average molecular weight is 281 g/mol. The Labute approximate surface area is 122 Å². The number of hydrogen-bond donors (Lipinski definition) is 1. The van der Waals surface area contributed by atoms with E-state index in [0.717, 1.165) is 43.4 Å². The summed E-state index contributed by atoms with van der Waals surface area (Å²) in [5.74, 6) is 2.19. The molecule has 0 saturated carbocycles. The molecule has 4 heteroatoms. The molecule has 0 unspecified atom stereocenters. The van der Waals surface area contributed by atoms with Crippen LogP contribution in [-0.2, 0) is 11.3 Å². The SMILES string of the molecule is CCOc1cccc(CNCCOCC(C)C)c1OC. The van der Waals surface area contributed by atoms with Crippen LogP contribution in [0.1, 0.15) is 26.3 Å². The van der Waals surface area contributed by atoms with Crippen LogP contribution in [0.3, 0.4) is 0 Å². The topological polar surface area (TPSA) is 39.7 Å². The molecule has 0 fully saturated rings. The summed E-state index contributed by atoms with van der Waals surface area (Å²) in [6, 6.07) is 5.96. The highest BCUT2D eigenvalue weighted by molar-refractivity contribution is 5.46. The van der Waals surface area contributed by atoms with Gasteiger partial charge < -0.3 is 19.5 Å². The Morgan fingerprint density at radius 1 is 1.25 bits per heavy atom. The summed E-state index contributed by atoms with van der Waals surface area (Å²) < 4.78 is 16.5. The van der Waals surface area contributed by atoms with E-state index < -0.39 is 0 Å². The maximum Gasteiger partial charge on any atom is 0.165 e. The third-order valence-corrected chi connectivity index (χ3v) is 2.75. The molecule has 0 spiro atoms. The van der Waals surface area contributed by atoms with E-state index in [2.05, 4.69) is 19.2 Å². The highest BCUT2D eigenvalue weighted by Gasteiger charge is 2.09. The van der Waals surface area contributed by atoms with E-state index in [-0.39, 0.29) is 0 Å². The van der Waals surface area contributed by atoms with Crippen LogP contribution >= 0.6 is 0 Å². The van der Waals surface area contributed by atoms with Crippen LogP contribution in [0.25, 0.3) is 0 Å². The van der Waals surface area contributed by atoms with E-state index in [1.54, 1.807) is 7.11 Å². The van der Waals surface area contributed by atoms with Crippen molar-refractivity contribution in [3.8, 4) is 11.5 Å². The van der Waals surface area contributed by atoms with Gasteiger partial charge in [0.1, 0.15) is 0 Å². The quantitative estimate of drug-likeness (QED) is 0.669. The maximum atomic E-state index is 5.56. The molecule has 0 aliphatic heterocycles. The van der Waals surface area contributed by atoms with Crippen molar-refractivity contribution in [3.05, 3.63) is 23.8 Å². The van der Waals surface area contributed by atoms with Crippen LogP contribution < -0.4 is 14.8 Å². The zero-order valence-corrected chi connectivity index (χ0v) is 13.1. The number of methoxy groups -OCH3 is 1. The molecule has 0 atom stereocenters. The smallest absolute Gasteiger partial charge is 0.165 e. The summed E-state index contributed by atoms with van der Waals surface area (Å²) in [4.78, 5) is 0. The Balaban J connectivity index is 2.41. The first-order valence-corrected chi connectivity index (χ1v) is 7.26. The minimum atomic E-state index is 0.581. The normalized spacial score (nSPS) is 10.8. The number of benzene rings is 1. The monoisotopic (exact) mass is 281 g/mol. The molecule has 0 amide bonds. The summed E-state index contributed by atoms with van der Waals surface area (Å²) in [5, 5.41) is 3.36. The molecule has 20 heavy (non-hydrogen) atoms. The molecule has 0 saturated heterocycles. The molecule has 0 aliphatic carbocycles. The van der Waals surface area contributed by atoms with Crippen molar-refractivity contribution < 1.29 is 14.2 Å². The van der Waals surface area contributed by atoms with Crippen LogP contribution in [0, 0.1) is 5.92 Å². The van der Waals surface area contributed by atoms with Crippen molar-refractivity contribution >= 4 is 0 Å². The first-order chi connectivity index (χ1) is 9.69. The lowest BCUT2D eigenvalue weighted by Gasteiger charge is -2.14. The average Bonchev–Trinajstić information content (AvgIpc) is 2.43. The summed E-state index contributed by atoms with van der Waals surface area (Å²) in [6.45, 7) is 10.0. The van der Waals surface area contributed by atoms with Gasteiger partial charge in [-0.15, -0.1) is 0 Å². The molecule has 0 radical (unpaired) electrons. The van der Waals surface area contributed by atoms with Crippen LogP contribution in [-0.4, -0.2) is 33.5 Å². The highest BCUT2D eigenvalue weighted by Crippen LogP contribution is 2.30. The molecular formula is C16H27NO3. The molecule has 0 aliphatic rings. The lowest BCUT2D eigenvalue weighted by Crippen LogP contribution is -2.20. The van der Waals surface area contributed by atoms with Gasteiger partial charge in [-0.2, -0.15) is 0 Å². The van der Waals surface area contributed by atoms with E-state index in [9.17, 15) is 0 Å². The largest absolute Gasteiger partial charge is 0.493 e. The first-order valence-electron chi connectivity index (χ1n) is 7.26. The van der Waals surface area contributed by atoms with Gasteiger partial charge in [-0.3, -0.25) is 0 Å². The molecule has 0 heterocycles. The Kier molecular flexibility index (Phi) is 8.07. The molecule has 1 aromatic carbocycles. The second-order valence-corrected chi connectivity index (χ2v) is 5.03. The fourth-order valence-electron chi connectivity index (χ4n) is 1.89. The van der Waals surface area contributed by atoms with Gasteiger partial charge >= 0.3 is 0 Å². The predicted octanol–water partition coefficient (Wildman–Crippen LogP) is 2.86. The third-order valence-electron chi connectivity index (χ3n) is 2.75. The van der Waals surface area contributed by atoms with Crippen molar-refractivity contribution in [3.63, 3.8) is 0 Å². The van der Waals surface area contributed by atoms with E-state index in [4.69, 9.17) is 14.2 Å². The van der Waals surface area contributed by atoms with Gasteiger partial charge in [0.05, 0.1) is 20.3 Å². The molecule has 0 aromatic heterocycles.